The number of hydrogen-bond donors (Lipinski definition) is 1. The van der Waals surface area contributed by atoms with Crippen LogP contribution in [-0.2, 0) is 11.3 Å². The molecule has 134 valence electrons. The molecule has 0 aliphatic heterocycles. The molecule has 0 saturated heterocycles. The van der Waals surface area contributed by atoms with Gasteiger partial charge in [0.05, 0.1) is 6.04 Å². The number of aryl methyl sites for hydroxylation is 1. The lowest BCUT2D eigenvalue weighted by Crippen LogP contribution is -2.44. The Morgan fingerprint density at radius 3 is 2.64 bits per heavy atom. The molecule has 1 atom stereocenters. The maximum absolute atomic E-state index is 12.3. The monoisotopic (exact) mass is 360 g/mol. The highest BCUT2D eigenvalue weighted by Crippen LogP contribution is 2.12. The molecule has 0 aliphatic carbocycles. The van der Waals surface area contributed by atoms with Crippen LogP contribution < -0.4 is 10.1 Å². The van der Waals surface area contributed by atoms with Crippen molar-refractivity contribution in [1.82, 2.24) is 10.2 Å². The smallest absolute Gasteiger partial charge is 0.237 e. The SMILES string of the molecule is Cc1cccc(OCCN(C)C(C)C(=O)NCc2ccc(Cl)cc2)c1. The number of benzene rings is 2. The van der Waals surface area contributed by atoms with E-state index < -0.39 is 0 Å². The number of amides is 1. The van der Waals surface area contributed by atoms with Gasteiger partial charge in [-0.15, -0.1) is 0 Å². The van der Waals surface area contributed by atoms with Crippen LogP contribution in [0.5, 0.6) is 5.75 Å². The lowest BCUT2D eigenvalue weighted by Gasteiger charge is -2.24. The van der Waals surface area contributed by atoms with Gasteiger partial charge in [0.2, 0.25) is 5.91 Å². The third-order valence-corrected chi connectivity index (χ3v) is 4.37. The zero-order valence-corrected chi connectivity index (χ0v) is 15.7. The zero-order valence-electron chi connectivity index (χ0n) is 15.0. The van der Waals surface area contributed by atoms with Crippen molar-refractivity contribution < 1.29 is 9.53 Å². The molecule has 0 fully saturated rings. The molecule has 0 saturated carbocycles. The molecule has 0 radical (unpaired) electrons. The molecule has 5 heteroatoms. The first-order chi connectivity index (χ1) is 12.0. The van der Waals surface area contributed by atoms with Crippen LogP contribution in [0.3, 0.4) is 0 Å². The van der Waals surface area contributed by atoms with E-state index in [-0.39, 0.29) is 11.9 Å². The van der Waals surface area contributed by atoms with Crippen LogP contribution >= 0.6 is 11.6 Å². The van der Waals surface area contributed by atoms with Gasteiger partial charge in [-0.2, -0.15) is 0 Å². The number of rotatable bonds is 8. The molecule has 0 aromatic heterocycles. The molecule has 0 bridgehead atoms. The quantitative estimate of drug-likeness (QED) is 0.781. The predicted octanol–water partition coefficient (Wildman–Crippen LogP) is 3.66. The van der Waals surface area contributed by atoms with E-state index in [1.54, 1.807) is 0 Å². The Hall–Kier alpha value is -2.04. The van der Waals surface area contributed by atoms with E-state index in [9.17, 15) is 4.79 Å². The summed E-state index contributed by atoms with van der Waals surface area (Å²) in [5.74, 6) is 0.848. The number of likely N-dealkylation sites (N-methyl/N-ethyl adjacent to an activating group) is 1. The Balaban J connectivity index is 1.73. The average molecular weight is 361 g/mol. The fourth-order valence-corrected chi connectivity index (χ4v) is 2.47. The minimum absolute atomic E-state index is 0.00648. The van der Waals surface area contributed by atoms with Crippen LogP contribution in [-0.4, -0.2) is 37.0 Å². The van der Waals surface area contributed by atoms with Crippen molar-refractivity contribution in [1.29, 1.82) is 0 Å². The lowest BCUT2D eigenvalue weighted by atomic mass is 10.2. The highest BCUT2D eigenvalue weighted by molar-refractivity contribution is 6.30. The Labute approximate surface area is 154 Å². The van der Waals surface area contributed by atoms with Gasteiger partial charge in [0.25, 0.3) is 0 Å². The van der Waals surface area contributed by atoms with Crippen molar-refractivity contribution in [2.24, 2.45) is 0 Å². The first-order valence-corrected chi connectivity index (χ1v) is 8.75. The fourth-order valence-electron chi connectivity index (χ4n) is 2.35. The van der Waals surface area contributed by atoms with Crippen molar-refractivity contribution in [3.63, 3.8) is 0 Å². The van der Waals surface area contributed by atoms with Gasteiger partial charge in [-0.25, -0.2) is 0 Å². The molecule has 1 amide bonds. The van der Waals surface area contributed by atoms with Crippen molar-refractivity contribution in [3.05, 3.63) is 64.7 Å². The molecular weight excluding hydrogens is 336 g/mol. The van der Waals surface area contributed by atoms with E-state index in [1.807, 2.05) is 74.3 Å². The largest absolute Gasteiger partial charge is 0.492 e. The number of ether oxygens (including phenoxy) is 1. The summed E-state index contributed by atoms with van der Waals surface area (Å²) >= 11 is 5.86. The van der Waals surface area contributed by atoms with Crippen LogP contribution in [0.4, 0.5) is 0 Å². The average Bonchev–Trinajstić information content (AvgIpc) is 2.60. The van der Waals surface area contributed by atoms with Gasteiger partial charge >= 0.3 is 0 Å². The topological polar surface area (TPSA) is 41.6 Å². The van der Waals surface area contributed by atoms with Gasteiger partial charge in [-0.3, -0.25) is 9.69 Å². The van der Waals surface area contributed by atoms with Crippen molar-refractivity contribution >= 4 is 17.5 Å². The van der Waals surface area contributed by atoms with Gasteiger partial charge in [0.1, 0.15) is 12.4 Å². The molecule has 2 aromatic carbocycles. The zero-order chi connectivity index (χ0) is 18.2. The predicted molar refractivity (Wildman–Crippen MR) is 102 cm³/mol. The van der Waals surface area contributed by atoms with Crippen molar-refractivity contribution in [3.8, 4) is 5.75 Å². The van der Waals surface area contributed by atoms with E-state index in [1.165, 1.54) is 5.56 Å². The van der Waals surface area contributed by atoms with E-state index in [0.717, 1.165) is 11.3 Å². The van der Waals surface area contributed by atoms with Crippen LogP contribution in [0.2, 0.25) is 5.02 Å². The lowest BCUT2D eigenvalue weighted by molar-refractivity contribution is -0.125. The van der Waals surface area contributed by atoms with Gasteiger partial charge in [0, 0.05) is 18.1 Å². The normalized spacial score (nSPS) is 12.0. The summed E-state index contributed by atoms with van der Waals surface area (Å²) in [7, 11) is 1.92. The third-order valence-electron chi connectivity index (χ3n) is 4.12. The number of nitrogens with one attached hydrogen (secondary N) is 1. The molecule has 2 rings (SSSR count). The highest BCUT2D eigenvalue weighted by atomic mass is 35.5. The highest BCUT2D eigenvalue weighted by Gasteiger charge is 2.17. The Morgan fingerprint density at radius 1 is 1.24 bits per heavy atom. The summed E-state index contributed by atoms with van der Waals surface area (Å²) in [4.78, 5) is 14.3. The maximum atomic E-state index is 12.3. The molecule has 0 spiro atoms. The summed E-state index contributed by atoms with van der Waals surface area (Å²) in [6, 6.07) is 15.2. The maximum Gasteiger partial charge on any atom is 0.237 e. The van der Waals surface area contributed by atoms with Gasteiger partial charge in [0.15, 0.2) is 0 Å². The number of carbonyl (C=O) groups excluding carboxylic acids is 1. The van der Waals surface area contributed by atoms with Crippen LogP contribution in [0.1, 0.15) is 18.1 Å². The first-order valence-electron chi connectivity index (χ1n) is 8.37. The van der Waals surface area contributed by atoms with E-state index in [4.69, 9.17) is 16.3 Å². The molecule has 1 unspecified atom stereocenters. The second kappa shape index (κ2) is 9.44. The number of hydrogen-bond acceptors (Lipinski definition) is 3. The molecule has 0 aliphatic rings. The number of halogens is 1. The molecule has 1 N–H and O–H groups in total. The van der Waals surface area contributed by atoms with Crippen LogP contribution in [0.25, 0.3) is 0 Å². The molecule has 2 aromatic rings. The van der Waals surface area contributed by atoms with E-state index in [0.29, 0.717) is 24.7 Å². The summed E-state index contributed by atoms with van der Waals surface area (Å²) in [5, 5.41) is 3.64. The summed E-state index contributed by atoms with van der Waals surface area (Å²) in [6.45, 7) is 5.63. The van der Waals surface area contributed by atoms with Crippen LogP contribution in [0.15, 0.2) is 48.5 Å². The minimum Gasteiger partial charge on any atom is -0.492 e. The van der Waals surface area contributed by atoms with E-state index >= 15 is 0 Å². The molecular formula is C20H25ClN2O2. The van der Waals surface area contributed by atoms with Gasteiger partial charge < -0.3 is 10.1 Å². The summed E-state index contributed by atoms with van der Waals surface area (Å²) in [5.41, 5.74) is 2.19. The molecule has 25 heavy (non-hydrogen) atoms. The Bertz CT molecular complexity index is 688. The van der Waals surface area contributed by atoms with Crippen molar-refractivity contribution in [2.45, 2.75) is 26.4 Å². The van der Waals surface area contributed by atoms with Crippen LogP contribution in [0, 0.1) is 6.92 Å². The second-order valence-electron chi connectivity index (χ2n) is 6.17. The minimum atomic E-state index is -0.228. The van der Waals surface area contributed by atoms with Gasteiger partial charge in [-0.05, 0) is 56.3 Å². The Morgan fingerprint density at radius 2 is 1.96 bits per heavy atom. The molecule has 0 heterocycles. The first kappa shape index (κ1) is 19.3. The number of nitrogens with zero attached hydrogens (tertiary/aromatic N) is 1. The fraction of sp³-hybridized carbons (Fsp3) is 0.350. The summed E-state index contributed by atoms with van der Waals surface area (Å²) in [6.07, 6.45) is 0. The van der Waals surface area contributed by atoms with Crippen molar-refractivity contribution in [2.75, 3.05) is 20.2 Å². The second-order valence-corrected chi connectivity index (χ2v) is 6.60. The summed E-state index contributed by atoms with van der Waals surface area (Å²) < 4.78 is 5.74. The van der Waals surface area contributed by atoms with Gasteiger partial charge in [-0.1, -0.05) is 35.9 Å². The number of carbonyl (C=O) groups is 1. The van der Waals surface area contributed by atoms with E-state index in [2.05, 4.69) is 5.32 Å². The third kappa shape index (κ3) is 6.40. The Kier molecular flexibility index (Phi) is 7.29. The molecule has 4 nitrogen and oxygen atoms in total. The standard InChI is InChI=1S/C20H25ClN2O2/c1-15-5-4-6-19(13-15)25-12-11-23(3)16(2)20(24)22-14-17-7-9-18(21)10-8-17/h4-10,13,16H,11-12,14H2,1-3H3,(H,22,24).